The number of benzene rings is 2. The Morgan fingerprint density at radius 2 is 1.80 bits per heavy atom. The van der Waals surface area contributed by atoms with E-state index in [0.717, 1.165) is 23.2 Å². The number of carbonyl (C=O) groups is 2. The number of para-hydroxylation sites is 2. The maximum Gasteiger partial charge on any atom is 0.344 e. The van der Waals surface area contributed by atoms with Gasteiger partial charge in [0.25, 0.3) is 5.91 Å². The SMILES string of the molecule is Cc1ccccc1OCC(=O)OCC(=O)N1c2ccccc2CC1C. The number of esters is 1. The monoisotopic (exact) mass is 339 g/mol. The first kappa shape index (κ1) is 17.0. The summed E-state index contributed by atoms with van der Waals surface area (Å²) in [4.78, 5) is 26.0. The van der Waals surface area contributed by atoms with Gasteiger partial charge in [0.15, 0.2) is 13.2 Å². The number of amides is 1. The van der Waals surface area contributed by atoms with Gasteiger partial charge in [-0.15, -0.1) is 0 Å². The van der Waals surface area contributed by atoms with Crippen LogP contribution in [0.15, 0.2) is 48.5 Å². The summed E-state index contributed by atoms with van der Waals surface area (Å²) in [7, 11) is 0. The first-order valence-corrected chi connectivity index (χ1v) is 8.30. The zero-order valence-corrected chi connectivity index (χ0v) is 14.4. The van der Waals surface area contributed by atoms with E-state index < -0.39 is 5.97 Å². The molecule has 1 aliphatic rings. The number of aryl methyl sites for hydroxylation is 1. The molecule has 0 bridgehead atoms. The number of hydrogen-bond acceptors (Lipinski definition) is 4. The molecular weight excluding hydrogens is 318 g/mol. The van der Waals surface area contributed by atoms with Crippen molar-refractivity contribution in [2.45, 2.75) is 26.3 Å². The highest BCUT2D eigenvalue weighted by Crippen LogP contribution is 2.31. The maximum atomic E-state index is 12.5. The summed E-state index contributed by atoms with van der Waals surface area (Å²) in [6.07, 6.45) is 0.812. The van der Waals surface area contributed by atoms with Crippen molar-refractivity contribution in [3.05, 3.63) is 59.7 Å². The molecule has 1 amide bonds. The topological polar surface area (TPSA) is 55.8 Å². The molecule has 0 N–H and O–H groups in total. The van der Waals surface area contributed by atoms with Crippen molar-refractivity contribution in [2.75, 3.05) is 18.1 Å². The smallest absolute Gasteiger partial charge is 0.344 e. The summed E-state index contributed by atoms with van der Waals surface area (Å²) >= 11 is 0. The predicted octanol–water partition coefficient (Wildman–Crippen LogP) is 2.89. The van der Waals surface area contributed by atoms with Gasteiger partial charge in [-0.1, -0.05) is 36.4 Å². The largest absolute Gasteiger partial charge is 0.482 e. The second kappa shape index (κ2) is 7.38. The van der Waals surface area contributed by atoms with E-state index >= 15 is 0 Å². The van der Waals surface area contributed by atoms with Crippen LogP contribution in [0.4, 0.5) is 5.69 Å². The minimum atomic E-state index is -0.559. The molecule has 0 radical (unpaired) electrons. The lowest BCUT2D eigenvalue weighted by Crippen LogP contribution is -2.39. The molecule has 2 aromatic carbocycles. The van der Waals surface area contributed by atoms with Gasteiger partial charge in [-0.05, 0) is 43.5 Å². The molecule has 1 atom stereocenters. The number of nitrogens with zero attached hydrogens (tertiary/aromatic N) is 1. The summed E-state index contributed by atoms with van der Waals surface area (Å²) in [6.45, 7) is 3.39. The lowest BCUT2D eigenvalue weighted by atomic mass is 10.1. The number of ether oxygens (including phenoxy) is 2. The zero-order valence-electron chi connectivity index (χ0n) is 14.4. The van der Waals surface area contributed by atoms with Crippen molar-refractivity contribution in [3.63, 3.8) is 0 Å². The van der Waals surface area contributed by atoms with Crippen molar-refractivity contribution in [1.29, 1.82) is 0 Å². The second-order valence-corrected chi connectivity index (χ2v) is 6.16. The Hall–Kier alpha value is -2.82. The van der Waals surface area contributed by atoms with E-state index in [4.69, 9.17) is 9.47 Å². The molecule has 0 aliphatic carbocycles. The molecule has 5 nitrogen and oxygen atoms in total. The quantitative estimate of drug-likeness (QED) is 0.786. The van der Waals surface area contributed by atoms with E-state index in [1.165, 1.54) is 0 Å². The molecular formula is C20H21NO4. The van der Waals surface area contributed by atoms with Crippen molar-refractivity contribution < 1.29 is 19.1 Å². The normalized spacial score (nSPS) is 15.6. The van der Waals surface area contributed by atoms with Crippen LogP contribution in [0.25, 0.3) is 0 Å². The van der Waals surface area contributed by atoms with Crippen LogP contribution >= 0.6 is 0 Å². The van der Waals surface area contributed by atoms with Crippen LogP contribution < -0.4 is 9.64 Å². The van der Waals surface area contributed by atoms with E-state index in [1.807, 2.05) is 56.3 Å². The van der Waals surface area contributed by atoms with Crippen molar-refractivity contribution in [1.82, 2.24) is 0 Å². The first-order valence-electron chi connectivity index (χ1n) is 8.30. The third-order valence-electron chi connectivity index (χ3n) is 4.27. The van der Waals surface area contributed by atoms with Crippen LogP contribution in [0.3, 0.4) is 0 Å². The molecule has 0 saturated heterocycles. The van der Waals surface area contributed by atoms with E-state index in [-0.39, 0.29) is 25.2 Å². The second-order valence-electron chi connectivity index (χ2n) is 6.16. The van der Waals surface area contributed by atoms with Gasteiger partial charge in [0.2, 0.25) is 0 Å². The van der Waals surface area contributed by atoms with Crippen molar-refractivity contribution >= 4 is 17.6 Å². The molecule has 0 fully saturated rings. The van der Waals surface area contributed by atoms with Crippen LogP contribution in [0, 0.1) is 6.92 Å². The van der Waals surface area contributed by atoms with Gasteiger partial charge in [0, 0.05) is 11.7 Å². The zero-order chi connectivity index (χ0) is 17.8. The molecule has 5 heteroatoms. The van der Waals surface area contributed by atoms with Crippen LogP contribution in [-0.4, -0.2) is 31.1 Å². The lowest BCUT2D eigenvalue weighted by molar-refractivity contribution is -0.149. The van der Waals surface area contributed by atoms with Crippen LogP contribution in [-0.2, 0) is 20.7 Å². The number of hydrogen-bond donors (Lipinski definition) is 0. The summed E-state index contributed by atoms with van der Waals surface area (Å²) in [5.41, 5.74) is 2.97. The Morgan fingerprint density at radius 1 is 1.08 bits per heavy atom. The number of fused-ring (bicyclic) bond motifs is 1. The van der Waals surface area contributed by atoms with Crippen molar-refractivity contribution in [3.8, 4) is 5.75 Å². The predicted molar refractivity (Wildman–Crippen MR) is 94.7 cm³/mol. The maximum absolute atomic E-state index is 12.5. The average molecular weight is 339 g/mol. The first-order chi connectivity index (χ1) is 12.1. The van der Waals surface area contributed by atoms with Gasteiger partial charge < -0.3 is 14.4 Å². The minimum absolute atomic E-state index is 0.0619. The number of carbonyl (C=O) groups excluding carboxylic acids is 2. The fourth-order valence-electron chi connectivity index (χ4n) is 3.05. The van der Waals surface area contributed by atoms with E-state index in [2.05, 4.69) is 0 Å². The van der Waals surface area contributed by atoms with Crippen LogP contribution in [0.1, 0.15) is 18.1 Å². The van der Waals surface area contributed by atoms with E-state index in [9.17, 15) is 9.59 Å². The van der Waals surface area contributed by atoms with Gasteiger partial charge in [-0.25, -0.2) is 4.79 Å². The summed E-state index contributed by atoms with van der Waals surface area (Å²) < 4.78 is 10.5. The Labute approximate surface area is 147 Å². The molecule has 1 heterocycles. The third-order valence-corrected chi connectivity index (χ3v) is 4.27. The van der Waals surface area contributed by atoms with Gasteiger partial charge in [-0.2, -0.15) is 0 Å². The molecule has 130 valence electrons. The summed E-state index contributed by atoms with van der Waals surface area (Å²) in [6, 6.07) is 15.3. The highest BCUT2D eigenvalue weighted by atomic mass is 16.6. The fraction of sp³-hybridized carbons (Fsp3) is 0.300. The average Bonchev–Trinajstić information content (AvgIpc) is 2.94. The van der Waals surface area contributed by atoms with E-state index in [1.54, 1.807) is 11.0 Å². The standard InChI is InChI=1S/C20H21NO4/c1-14-7-3-6-10-18(14)24-13-20(23)25-12-19(22)21-15(2)11-16-8-4-5-9-17(16)21/h3-10,15H,11-13H2,1-2H3. The molecule has 25 heavy (non-hydrogen) atoms. The van der Waals surface area contributed by atoms with Crippen LogP contribution in [0.5, 0.6) is 5.75 Å². The van der Waals surface area contributed by atoms with E-state index in [0.29, 0.717) is 5.75 Å². The Balaban J connectivity index is 1.52. The molecule has 3 rings (SSSR count). The minimum Gasteiger partial charge on any atom is -0.482 e. The molecule has 0 saturated carbocycles. The third kappa shape index (κ3) is 3.82. The molecule has 1 aliphatic heterocycles. The molecule has 0 spiro atoms. The Morgan fingerprint density at radius 3 is 2.60 bits per heavy atom. The van der Waals surface area contributed by atoms with Crippen molar-refractivity contribution in [2.24, 2.45) is 0 Å². The number of anilines is 1. The fourth-order valence-corrected chi connectivity index (χ4v) is 3.05. The summed E-state index contributed by atoms with van der Waals surface area (Å²) in [5.74, 6) is -0.147. The Bertz CT molecular complexity index is 787. The van der Waals surface area contributed by atoms with Gasteiger partial charge in [-0.3, -0.25) is 4.79 Å². The molecule has 0 aromatic heterocycles. The highest BCUT2D eigenvalue weighted by molar-refractivity contribution is 5.97. The Kier molecular flexibility index (Phi) is 5.03. The van der Waals surface area contributed by atoms with Gasteiger partial charge in [0.05, 0.1) is 0 Å². The van der Waals surface area contributed by atoms with Gasteiger partial charge >= 0.3 is 5.97 Å². The molecule has 1 unspecified atom stereocenters. The number of rotatable bonds is 5. The van der Waals surface area contributed by atoms with Crippen LogP contribution in [0.2, 0.25) is 0 Å². The van der Waals surface area contributed by atoms with Gasteiger partial charge in [0.1, 0.15) is 5.75 Å². The molecule has 2 aromatic rings. The highest BCUT2D eigenvalue weighted by Gasteiger charge is 2.30. The lowest BCUT2D eigenvalue weighted by Gasteiger charge is -2.22. The summed E-state index contributed by atoms with van der Waals surface area (Å²) in [5, 5.41) is 0.